The zero-order chi connectivity index (χ0) is 28.2. The molecule has 0 saturated heterocycles. The lowest BCUT2D eigenvalue weighted by atomic mass is 10.8. The van der Waals surface area contributed by atoms with Crippen LogP contribution in [-0.2, 0) is 18.2 Å². The van der Waals surface area contributed by atoms with Gasteiger partial charge >= 0.3 is 15.0 Å². The van der Waals surface area contributed by atoms with Gasteiger partial charge in [-0.1, -0.05) is 0 Å². The van der Waals surface area contributed by atoms with E-state index in [0.717, 1.165) is 0 Å². The first-order valence-corrected chi connectivity index (χ1v) is 9.43. The zero-order valence-corrected chi connectivity index (χ0v) is 18.7. The fraction of sp³-hybridized carbons (Fsp3) is 1.00. The Hall–Kier alpha value is -0.993. The van der Waals surface area contributed by atoms with Crippen LogP contribution in [0.3, 0.4) is 0 Å². The maximum absolute atomic E-state index is 12.0. The summed E-state index contributed by atoms with van der Waals surface area (Å²) in [4.78, 5) is 2.82. The van der Waals surface area contributed by atoms with Crippen LogP contribution in [0.25, 0.3) is 0 Å². The number of hydrogen-bond donors (Lipinski definition) is 0. The van der Waals surface area contributed by atoms with Crippen LogP contribution in [0.5, 0.6) is 0 Å². The minimum atomic E-state index is -4.62. The van der Waals surface area contributed by atoms with Crippen molar-refractivity contribution in [2.45, 2.75) is 6.18 Å². The Kier molecular flexibility index (Phi) is 72.2. The smallest absolute Gasteiger partial charge is 0.375 e. The lowest BCUT2D eigenvalue weighted by molar-refractivity contribution is -0.142. The Labute approximate surface area is 182 Å². The molecule has 0 spiro atoms. The molecule has 0 N–H and O–H groups in total. The summed E-state index contributed by atoms with van der Waals surface area (Å²) < 4.78 is 167. The van der Waals surface area contributed by atoms with E-state index in [0.29, 0.717) is 0 Å². The zero-order valence-electron chi connectivity index (χ0n) is 17.7. The van der Waals surface area contributed by atoms with Gasteiger partial charge in [-0.15, -0.1) is 0 Å². The first-order chi connectivity index (χ1) is 15.4. The van der Waals surface area contributed by atoms with Crippen molar-refractivity contribution in [2.24, 2.45) is 0 Å². The third-order valence-electron chi connectivity index (χ3n) is 1.47. The quantitative estimate of drug-likeness (QED) is 0.270. The van der Waals surface area contributed by atoms with Gasteiger partial charge in [0.15, 0.2) is 13.0 Å². The molecule has 0 unspecified atom stereocenters. The van der Waals surface area contributed by atoms with Crippen molar-refractivity contribution >= 4 is 8.80 Å². The van der Waals surface area contributed by atoms with Crippen LogP contribution in [0.2, 0.25) is 0 Å². The maximum atomic E-state index is 12.0. The molecule has 0 saturated carbocycles. The van der Waals surface area contributed by atoms with E-state index in [4.69, 9.17) is 13.3 Å². The van der Waals surface area contributed by atoms with E-state index < -0.39 is 75.4 Å². The van der Waals surface area contributed by atoms with Gasteiger partial charge < -0.3 is 13.3 Å². The number of halogens is 15. The van der Waals surface area contributed by atoms with Crippen LogP contribution < -0.4 is 0 Å². The Morgan fingerprint density at radius 2 is 0.818 bits per heavy atom. The van der Waals surface area contributed by atoms with Gasteiger partial charge in [0, 0.05) is 21.3 Å². The highest BCUT2D eigenvalue weighted by Gasteiger charge is 2.38. The normalized spacial score (nSPS) is 9.27. The average molecular weight is 560 g/mol. The van der Waals surface area contributed by atoms with Crippen molar-refractivity contribution in [2.75, 3.05) is 81.7 Å². The second-order valence-electron chi connectivity index (χ2n) is 3.36. The molecule has 0 atom stereocenters. The molecule has 0 rings (SSSR count). The van der Waals surface area contributed by atoms with Crippen LogP contribution in [0.15, 0.2) is 0 Å². The Morgan fingerprint density at radius 3 is 0.818 bits per heavy atom. The Morgan fingerprint density at radius 1 is 0.576 bits per heavy atom. The molecule has 33 heavy (non-hydrogen) atoms. The highest BCUT2D eigenvalue weighted by Crippen LogP contribution is 2.13. The summed E-state index contributed by atoms with van der Waals surface area (Å²) in [6, 6.07) is 0. The minimum Gasteiger partial charge on any atom is -0.375 e. The fourth-order valence-corrected chi connectivity index (χ4v) is 1.27. The fourth-order valence-electron chi connectivity index (χ4n) is 0.443. The lowest BCUT2D eigenvalue weighted by Crippen LogP contribution is -2.45. The van der Waals surface area contributed by atoms with E-state index in [1.165, 1.54) is 21.3 Å². The number of rotatable bonds is 7. The summed E-state index contributed by atoms with van der Waals surface area (Å²) in [5, 5.41) is 0. The second-order valence-corrected chi connectivity index (χ2v) is 6.22. The summed E-state index contributed by atoms with van der Waals surface area (Å²) in [5.74, 6) is 0. The summed E-state index contributed by atoms with van der Waals surface area (Å²) in [7, 11) is 1.26. The second kappa shape index (κ2) is 48.4. The van der Waals surface area contributed by atoms with Crippen molar-refractivity contribution in [3.63, 3.8) is 0 Å². The molecule has 0 aliphatic rings. The summed E-state index contributed by atoms with van der Waals surface area (Å²) in [6.07, 6.45) is -5.31. The average Bonchev–Trinajstić information content (AvgIpc) is 2.78. The van der Waals surface area contributed by atoms with Crippen LogP contribution in [-0.4, -0.2) is 96.7 Å². The third-order valence-corrected chi connectivity index (χ3v) is 3.67. The first-order valence-electron chi connectivity index (χ1n) is 7.49. The summed E-state index contributed by atoms with van der Waals surface area (Å²) >= 11 is 0. The standard InChI is InChI=1S/C4H11FO3Si.C2H2F4.C2H4F2O.C2H4F2.3CH2F2/c1-6-9(4-5,7-2)8-3;3-1-2(4,5)6;3-1-2-5-4;3-1-2-4;3*2-1-3/h4H2,1-3H3;1H2;1-2H2;1-2H2;3*1H2. The van der Waals surface area contributed by atoms with E-state index in [2.05, 4.69) is 4.94 Å². The molecule has 0 aromatic carbocycles. The van der Waals surface area contributed by atoms with E-state index in [-0.39, 0.29) is 0 Å². The predicted octanol–water partition coefficient (Wildman–Crippen LogP) is 6.32. The third kappa shape index (κ3) is 90.2. The van der Waals surface area contributed by atoms with E-state index in [9.17, 15) is 66.0 Å². The SMILES string of the molecule is CO[Si](CF)(OC)OC.FCC(F)(F)F.FCCF.FCCOF.FCF.FCF.FCF. The molecule has 0 radical (unpaired) electrons. The van der Waals surface area contributed by atoms with Gasteiger partial charge in [-0.3, -0.25) is 0 Å². The summed E-state index contributed by atoms with van der Waals surface area (Å²) in [6.45, 7) is -10.4. The van der Waals surface area contributed by atoms with Crippen LogP contribution in [0.4, 0.5) is 66.0 Å². The highest BCUT2D eigenvalue weighted by molar-refractivity contribution is 6.60. The van der Waals surface area contributed by atoms with Crippen molar-refractivity contribution < 1.29 is 84.2 Å². The number of alkyl halides is 14. The van der Waals surface area contributed by atoms with Gasteiger partial charge in [0.05, 0.1) is 0 Å². The topological polar surface area (TPSA) is 36.9 Å². The molecule has 212 valence electrons. The molecule has 0 fully saturated rings. The molecule has 20 heteroatoms. The Bertz CT molecular complexity index is 242. The van der Waals surface area contributed by atoms with Gasteiger partial charge in [0.25, 0.3) is 0 Å². The Balaban J connectivity index is -0.0000000502. The van der Waals surface area contributed by atoms with E-state index >= 15 is 0 Å². The maximum Gasteiger partial charge on any atom is 0.532 e. The molecule has 0 aromatic heterocycles. The van der Waals surface area contributed by atoms with Crippen LogP contribution in [0.1, 0.15) is 0 Å². The lowest BCUT2D eigenvalue weighted by Gasteiger charge is -2.20. The number of hydrogen-bond acceptors (Lipinski definition) is 4. The van der Waals surface area contributed by atoms with Crippen molar-refractivity contribution in [3.05, 3.63) is 0 Å². The van der Waals surface area contributed by atoms with Crippen LogP contribution in [0, 0.1) is 0 Å². The van der Waals surface area contributed by atoms with Gasteiger partial charge in [-0.2, -0.15) is 18.1 Å². The molecule has 4 nitrogen and oxygen atoms in total. The summed E-state index contributed by atoms with van der Waals surface area (Å²) in [5.41, 5.74) is 0. The van der Waals surface area contributed by atoms with Gasteiger partial charge in [0.1, 0.15) is 26.6 Å². The van der Waals surface area contributed by atoms with Crippen molar-refractivity contribution in [1.29, 1.82) is 0 Å². The minimum absolute atomic E-state index is 0.444. The molecule has 0 amide bonds. The molecule has 0 aliphatic carbocycles. The van der Waals surface area contributed by atoms with Gasteiger partial charge in [0.2, 0.25) is 20.8 Å². The largest absolute Gasteiger partial charge is 0.532 e. The molecule has 0 bridgehead atoms. The molecule has 0 heterocycles. The van der Waals surface area contributed by atoms with Crippen LogP contribution >= 0.6 is 0 Å². The predicted molar refractivity (Wildman–Crippen MR) is 91.0 cm³/mol. The van der Waals surface area contributed by atoms with E-state index in [1.54, 1.807) is 0 Å². The van der Waals surface area contributed by atoms with Gasteiger partial charge in [-0.25, -0.2) is 48.3 Å². The highest BCUT2D eigenvalue weighted by atomic mass is 28.4. The molecule has 0 aromatic rings. The molecular weight excluding hydrogens is 533 g/mol. The van der Waals surface area contributed by atoms with Gasteiger partial charge in [-0.05, 0) is 4.53 Å². The molecular formula is C13H27F15O4Si. The first kappa shape index (κ1) is 49.2. The van der Waals surface area contributed by atoms with Crippen molar-refractivity contribution in [3.8, 4) is 0 Å². The monoisotopic (exact) mass is 560 g/mol. The molecule has 0 aliphatic heterocycles. The van der Waals surface area contributed by atoms with E-state index in [1.807, 2.05) is 0 Å². The van der Waals surface area contributed by atoms with Crippen molar-refractivity contribution in [1.82, 2.24) is 0 Å².